The van der Waals surface area contributed by atoms with Gasteiger partial charge in [0.15, 0.2) is 17.2 Å². The summed E-state index contributed by atoms with van der Waals surface area (Å²) in [4.78, 5) is 11.8. The van der Waals surface area contributed by atoms with Gasteiger partial charge in [0.1, 0.15) is 13.0 Å². The van der Waals surface area contributed by atoms with Crippen LogP contribution in [0.3, 0.4) is 0 Å². The van der Waals surface area contributed by atoms with Gasteiger partial charge in [-0.3, -0.25) is 0 Å². The molecule has 0 aromatic heterocycles. The fourth-order valence-corrected chi connectivity index (χ4v) is 2.78. The number of hydrogen-bond donors (Lipinski definition) is 0. The Labute approximate surface area is 135 Å². The monoisotopic (exact) mass is 317 g/mol. The number of methoxy groups -OCH3 is 2. The second-order valence-corrected chi connectivity index (χ2v) is 5.12. The van der Waals surface area contributed by atoms with E-state index in [9.17, 15) is 4.79 Å². The van der Waals surface area contributed by atoms with Crippen molar-refractivity contribution >= 4 is 11.7 Å². The van der Waals surface area contributed by atoms with Gasteiger partial charge < -0.3 is 14.2 Å². The van der Waals surface area contributed by atoms with Crippen molar-refractivity contribution < 1.29 is 23.6 Å². The van der Waals surface area contributed by atoms with Crippen LogP contribution in [0, 0.1) is 11.3 Å². The van der Waals surface area contributed by atoms with Crippen molar-refractivity contribution in [1.82, 2.24) is 0 Å². The van der Waals surface area contributed by atoms with E-state index in [1.165, 1.54) is 0 Å². The van der Waals surface area contributed by atoms with E-state index in [0.29, 0.717) is 24.7 Å². The van der Waals surface area contributed by atoms with Crippen molar-refractivity contribution in [2.75, 3.05) is 33.9 Å². The van der Waals surface area contributed by atoms with Gasteiger partial charge in [0.25, 0.3) is 0 Å². The van der Waals surface area contributed by atoms with E-state index >= 15 is 0 Å². The van der Waals surface area contributed by atoms with Gasteiger partial charge in [-0.1, -0.05) is 0 Å². The molecule has 2 rings (SSSR count). The molecule has 0 bridgehead atoms. The van der Waals surface area contributed by atoms with E-state index in [1.54, 1.807) is 21.1 Å². The fourth-order valence-electron chi connectivity index (χ4n) is 2.78. The van der Waals surface area contributed by atoms with Gasteiger partial charge >= 0.3 is 5.97 Å². The lowest BCUT2D eigenvalue weighted by atomic mass is 9.94. The van der Waals surface area contributed by atoms with Crippen LogP contribution in [0.4, 0.5) is 0 Å². The Morgan fingerprint density at radius 3 is 2.61 bits per heavy atom. The number of rotatable bonds is 6. The minimum absolute atomic E-state index is 0.151. The first-order valence-corrected chi connectivity index (χ1v) is 7.53. The number of carbonyl (C=O) groups is 1. The maximum atomic E-state index is 11.8. The van der Waals surface area contributed by atoms with Crippen LogP contribution in [0.2, 0.25) is 0 Å². The molecule has 23 heavy (non-hydrogen) atoms. The average molecular weight is 317 g/mol. The maximum Gasteiger partial charge on any atom is 0.372 e. The van der Waals surface area contributed by atoms with E-state index in [4.69, 9.17) is 19.5 Å². The van der Waals surface area contributed by atoms with Gasteiger partial charge in [-0.25, -0.2) is 9.37 Å². The molecule has 0 amide bonds. The van der Waals surface area contributed by atoms with Gasteiger partial charge in [-0.2, -0.15) is 5.26 Å². The summed E-state index contributed by atoms with van der Waals surface area (Å²) in [5.41, 5.74) is 2.84. The van der Waals surface area contributed by atoms with E-state index in [-0.39, 0.29) is 18.9 Å². The number of nitrogens with zero attached hydrogens (tertiary/aromatic N) is 2. The Balaban J connectivity index is 2.47. The van der Waals surface area contributed by atoms with Gasteiger partial charge in [-0.05, 0) is 24.6 Å². The SMILES string of the molecule is CCOC(=O)C[N+]1=C(CC#N)c2cc(OC)c(OC)cc2CC1. The molecule has 1 aliphatic heterocycles. The summed E-state index contributed by atoms with van der Waals surface area (Å²) in [5.74, 6) is 0.993. The predicted octanol–water partition coefficient (Wildman–Crippen LogP) is 1.54. The summed E-state index contributed by atoms with van der Waals surface area (Å²) in [6.07, 6.45) is 0.992. The first-order chi connectivity index (χ1) is 11.1. The summed E-state index contributed by atoms with van der Waals surface area (Å²) in [7, 11) is 3.17. The lowest BCUT2D eigenvalue weighted by molar-refractivity contribution is -0.520. The molecule has 0 aliphatic carbocycles. The summed E-state index contributed by atoms with van der Waals surface area (Å²) in [6.45, 7) is 2.94. The second-order valence-electron chi connectivity index (χ2n) is 5.12. The minimum atomic E-state index is -0.285. The van der Waals surface area contributed by atoms with E-state index in [0.717, 1.165) is 23.3 Å². The lowest BCUT2D eigenvalue weighted by Crippen LogP contribution is -2.34. The van der Waals surface area contributed by atoms with Gasteiger partial charge in [0.2, 0.25) is 6.54 Å². The third kappa shape index (κ3) is 3.62. The second kappa shape index (κ2) is 7.63. The Morgan fingerprint density at radius 2 is 2.00 bits per heavy atom. The number of esters is 1. The molecule has 0 saturated heterocycles. The normalized spacial score (nSPS) is 13.1. The highest BCUT2D eigenvalue weighted by atomic mass is 16.5. The molecule has 122 valence electrons. The molecule has 6 heteroatoms. The summed E-state index contributed by atoms with van der Waals surface area (Å²) in [6, 6.07) is 5.99. The van der Waals surface area contributed by atoms with Crippen LogP contribution in [0.15, 0.2) is 12.1 Å². The van der Waals surface area contributed by atoms with Crippen molar-refractivity contribution in [1.29, 1.82) is 5.26 Å². The van der Waals surface area contributed by atoms with E-state index in [1.807, 2.05) is 16.7 Å². The molecule has 0 fully saturated rings. The molecule has 0 atom stereocenters. The van der Waals surface area contributed by atoms with Crippen LogP contribution in [-0.2, 0) is 16.0 Å². The number of fused-ring (bicyclic) bond motifs is 1. The third-order valence-electron chi connectivity index (χ3n) is 3.82. The number of hydrogen-bond acceptors (Lipinski definition) is 5. The smallest absolute Gasteiger partial charge is 0.372 e. The molecular formula is C17H21N2O4+. The summed E-state index contributed by atoms with van der Waals surface area (Å²) in [5, 5.41) is 9.16. The van der Waals surface area contributed by atoms with Crippen LogP contribution in [0.25, 0.3) is 0 Å². The maximum absolute atomic E-state index is 11.8. The highest BCUT2D eigenvalue weighted by molar-refractivity contribution is 6.01. The Kier molecular flexibility index (Phi) is 5.58. The molecule has 6 nitrogen and oxygen atoms in total. The zero-order valence-corrected chi connectivity index (χ0v) is 13.7. The van der Waals surface area contributed by atoms with Crippen LogP contribution in [0.5, 0.6) is 11.5 Å². The first kappa shape index (κ1) is 16.8. The molecule has 0 saturated carbocycles. The average Bonchev–Trinajstić information content (AvgIpc) is 2.56. The lowest BCUT2D eigenvalue weighted by Gasteiger charge is -2.19. The predicted molar refractivity (Wildman–Crippen MR) is 84.2 cm³/mol. The van der Waals surface area contributed by atoms with E-state index in [2.05, 4.69) is 6.07 Å². The quantitative estimate of drug-likeness (QED) is 0.588. The number of ether oxygens (including phenoxy) is 3. The van der Waals surface area contributed by atoms with Gasteiger partial charge in [-0.15, -0.1) is 0 Å². The van der Waals surface area contributed by atoms with Crippen molar-refractivity contribution in [3.05, 3.63) is 23.3 Å². The first-order valence-electron chi connectivity index (χ1n) is 7.53. The standard InChI is InChI=1S/C17H21N2O4/c1-4-23-17(20)11-19-8-6-12-9-15(21-2)16(22-3)10-13(12)14(19)5-7-18/h9-10H,4-6,8,11H2,1-3H3/q+1. The molecular weight excluding hydrogens is 296 g/mol. The molecule has 1 aromatic carbocycles. The van der Waals surface area contributed by atoms with Crippen molar-refractivity contribution in [3.8, 4) is 17.6 Å². The molecule has 0 radical (unpaired) electrons. The molecule has 0 unspecified atom stereocenters. The van der Waals surface area contributed by atoms with Crippen LogP contribution in [0.1, 0.15) is 24.5 Å². The zero-order valence-electron chi connectivity index (χ0n) is 13.7. The summed E-state index contributed by atoms with van der Waals surface area (Å²) >= 11 is 0. The van der Waals surface area contributed by atoms with Crippen LogP contribution < -0.4 is 9.47 Å². The van der Waals surface area contributed by atoms with Gasteiger partial charge in [0.05, 0.1) is 26.9 Å². The van der Waals surface area contributed by atoms with Crippen LogP contribution in [-0.4, -0.2) is 50.2 Å². The zero-order chi connectivity index (χ0) is 16.8. The Morgan fingerprint density at radius 1 is 1.30 bits per heavy atom. The van der Waals surface area contributed by atoms with Crippen LogP contribution >= 0.6 is 0 Å². The Bertz CT molecular complexity index is 674. The third-order valence-corrected chi connectivity index (χ3v) is 3.82. The molecule has 1 aliphatic rings. The van der Waals surface area contributed by atoms with Crippen molar-refractivity contribution in [2.24, 2.45) is 0 Å². The molecule has 1 heterocycles. The topological polar surface area (TPSA) is 71.6 Å². The van der Waals surface area contributed by atoms with Crippen molar-refractivity contribution in [2.45, 2.75) is 19.8 Å². The largest absolute Gasteiger partial charge is 0.493 e. The van der Waals surface area contributed by atoms with Crippen molar-refractivity contribution in [3.63, 3.8) is 0 Å². The van der Waals surface area contributed by atoms with Gasteiger partial charge in [0, 0.05) is 12.0 Å². The summed E-state index contributed by atoms with van der Waals surface area (Å²) < 4.78 is 17.6. The molecule has 0 N–H and O–H groups in total. The Hall–Kier alpha value is -2.55. The van der Waals surface area contributed by atoms with E-state index < -0.39 is 0 Å². The highest BCUT2D eigenvalue weighted by Crippen LogP contribution is 2.32. The fraction of sp³-hybridized carbons (Fsp3) is 0.471. The molecule has 0 spiro atoms. The number of carbonyl (C=O) groups excluding carboxylic acids is 1. The number of benzene rings is 1. The molecule has 1 aromatic rings. The number of nitriles is 1. The minimum Gasteiger partial charge on any atom is -0.493 e. The highest BCUT2D eigenvalue weighted by Gasteiger charge is 2.29.